The first-order chi connectivity index (χ1) is 12.1. The van der Waals surface area contributed by atoms with Crippen LogP contribution in [0.3, 0.4) is 0 Å². The average Bonchev–Trinajstić information content (AvgIpc) is 2.58. The number of benzene rings is 1. The third-order valence-corrected chi connectivity index (χ3v) is 6.79. The van der Waals surface area contributed by atoms with Crippen molar-refractivity contribution in [3.05, 3.63) is 35.9 Å². The maximum atomic E-state index is 12.6. The third kappa shape index (κ3) is 3.55. The minimum atomic E-state index is 0.0141. The molecule has 0 aromatic heterocycles. The zero-order chi connectivity index (χ0) is 17.4. The molecule has 0 saturated heterocycles. The summed E-state index contributed by atoms with van der Waals surface area (Å²) in [6.07, 6.45) is 6.79. The van der Waals surface area contributed by atoms with Crippen LogP contribution >= 0.6 is 0 Å². The van der Waals surface area contributed by atoms with Gasteiger partial charge in [0.1, 0.15) is 0 Å². The number of carbonyl (C=O) groups is 1. The Bertz CT molecular complexity index is 572. The quantitative estimate of drug-likeness (QED) is 0.862. The Labute approximate surface area is 151 Å². The number of amides is 2. The lowest BCUT2D eigenvalue weighted by Gasteiger charge is -2.54. The topological polar surface area (TPSA) is 44.4 Å². The molecule has 25 heavy (non-hydrogen) atoms. The summed E-state index contributed by atoms with van der Waals surface area (Å²) in [4.78, 5) is 14.7. The standard InChI is InChI=1S/C21H31N3O/c1-24(2)19(16-6-4-3-5-7-16)13-22-21(25)23-20-17-9-14-8-15(11-17)12-18(20)10-14/h3-7,14-15,17-20H,8-13H2,1-2H3,(H2,22,23,25). The van der Waals surface area contributed by atoms with Crippen molar-refractivity contribution in [2.24, 2.45) is 23.7 Å². The SMILES string of the molecule is CN(C)C(CNC(=O)NC1C2CC3CC(C2)CC1C3)c1ccccc1. The Morgan fingerprint density at radius 1 is 1.04 bits per heavy atom. The molecule has 4 bridgehead atoms. The van der Waals surface area contributed by atoms with Gasteiger partial charge >= 0.3 is 6.03 Å². The molecule has 1 aromatic rings. The molecule has 136 valence electrons. The highest BCUT2D eigenvalue weighted by Crippen LogP contribution is 2.53. The van der Waals surface area contributed by atoms with Crippen molar-refractivity contribution in [3.63, 3.8) is 0 Å². The van der Waals surface area contributed by atoms with E-state index in [9.17, 15) is 4.79 Å². The molecule has 1 unspecified atom stereocenters. The summed E-state index contributed by atoms with van der Waals surface area (Å²) in [5.74, 6) is 3.33. The molecule has 0 spiro atoms. The molecule has 2 amide bonds. The van der Waals surface area contributed by atoms with Crippen molar-refractivity contribution in [1.29, 1.82) is 0 Å². The molecule has 1 aromatic carbocycles. The van der Waals surface area contributed by atoms with E-state index < -0.39 is 0 Å². The molecule has 0 aliphatic heterocycles. The van der Waals surface area contributed by atoms with Crippen LogP contribution in [0.4, 0.5) is 4.79 Å². The van der Waals surface area contributed by atoms with Crippen LogP contribution in [0, 0.1) is 23.7 Å². The monoisotopic (exact) mass is 341 g/mol. The van der Waals surface area contributed by atoms with Gasteiger partial charge in [-0.3, -0.25) is 0 Å². The average molecular weight is 341 g/mol. The molecule has 4 saturated carbocycles. The predicted octanol–water partition coefficient (Wildman–Crippen LogP) is 3.41. The van der Waals surface area contributed by atoms with Gasteiger partial charge in [0, 0.05) is 12.6 Å². The minimum Gasteiger partial charge on any atom is -0.336 e. The van der Waals surface area contributed by atoms with E-state index in [0.29, 0.717) is 12.6 Å². The summed E-state index contributed by atoms with van der Waals surface area (Å²) in [7, 11) is 4.13. The van der Waals surface area contributed by atoms with E-state index in [-0.39, 0.29) is 12.1 Å². The highest BCUT2D eigenvalue weighted by molar-refractivity contribution is 5.74. The van der Waals surface area contributed by atoms with Gasteiger partial charge in [-0.1, -0.05) is 30.3 Å². The molecule has 4 aliphatic rings. The van der Waals surface area contributed by atoms with Crippen molar-refractivity contribution >= 4 is 6.03 Å². The van der Waals surface area contributed by atoms with Crippen LogP contribution in [0.25, 0.3) is 0 Å². The lowest BCUT2D eigenvalue weighted by atomic mass is 9.54. The third-order valence-electron chi connectivity index (χ3n) is 6.79. The van der Waals surface area contributed by atoms with Gasteiger partial charge in [0.15, 0.2) is 0 Å². The number of likely N-dealkylation sites (N-methyl/N-ethyl adjacent to an activating group) is 1. The Morgan fingerprint density at radius 3 is 2.20 bits per heavy atom. The molecular weight excluding hydrogens is 310 g/mol. The maximum absolute atomic E-state index is 12.6. The van der Waals surface area contributed by atoms with Crippen molar-refractivity contribution in [2.45, 2.75) is 44.2 Å². The first kappa shape index (κ1) is 16.9. The summed E-state index contributed by atoms with van der Waals surface area (Å²) in [5, 5.41) is 6.47. The van der Waals surface area contributed by atoms with Gasteiger partial charge in [-0.15, -0.1) is 0 Å². The summed E-state index contributed by atoms with van der Waals surface area (Å²) in [6, 6.07) is 11.0. The second-order valence-electron chi connectivity index (χ2n) is 8.70. The van der Waals surface area contributed by atoms with Crippen LogP contribution in [-0.2, 0) is 0 Å². The Kier molecular flexibility index (Phi) is 4.72. The molecule has 4 fully saturated rings. The summed E-state index contributed by atoms with van der Waals surface area (Å²) in [6.45, 7) is 0.635. The number of hydrogen-bond acceptors (Lipinski definition) is 2. The van der Waals surface area contributed by atoms with Crippen molar-refractivity contribution in [1.82, 2.24) is 15.5 Å². The number of nitrogens with one attached hydrogen (secondary N) is 2. The molecule has 0 radical (unpaired) electrons. The van der Waals surface area contributed by atoms with E-state index in [2.05, 4.69) is 53.9 Å². The summed E-state index contributed by atoms with van der Waals surface area (Å²) in [5.41, 5.74) is 1.24. The van der Waals surface area contributed by atoms with Gasteiger partial charge in [0.05, 0.1) is 6.04 Å². The van der Waals surface area contributed by atoms with Crippen molar-refractivity contribution in [3.8, 4) is 0 Å². The summed E-state index contributed by atoms with van der Waals surface area (Å²) >= 11 is 0. The highest BCUT2D eigenvalue weighted by atomic mass is 16.2. The zero-order valence-corrected chi connectivity index (χ0v) is 15.4. The van der Waals surface area contributed by atoms with E-state index in [1.807, 2.05) is 6.07 Å². The zero-order valence-electron chi connectivity index (χ0n) is 15.4. The minimum absolute atomic E-state index is 0.0141. The molecular formula is C21H31N3O. The molecule has 2 N–H and O–H groups in total. The van der Waals surface area contributed by atoms with Gasteiger partial charge in [-0.25, -0.2) is 4.79 Å². The molecule has 4 nitrogen and oxygen atoms in total. The van der Waals surface area contributed by atoms with Crippen LogP contribution in [0.1, 0.15) is 43.7 Å². The maximum Gasteiger partial charge on any atom is 0.315 e. The fourth-order valence-electron chi connectivity index (χ4n) is 5.83. The Balaban J connectivity index is 1.33. The lowest BCUT2D eigenvalue weighted by molar-refractivity contribution is -0.00945. The van der Waals surface area contributed by atoms with E-state index in [1.54, 1.807) is 0 Å². The van der Waals surface area contributed by atoms with E-state index in [0.717, 1.165) is 23.7 Å². The number of rotatable bonds is 5. The van der Waals surface area contributed by atoms with Crippen LogP contribution in [-0.4, -0.2) is 37.6 Å². The lowest BCUT2D eigenvalue weighted by Crippen LogP contribution is -2.57. The smallest absolute Gasteiger partial charge is 0.315 e. The highest BCUT2D eigenvalue weighted by Gasteiger charge is 2.48. The predicted molar refractivity (Wildman–Crippen MR) is 100 cm³/mol. The molecule has 5 rings (SSSR count). The normalized spacial score (nSPS) is 34.1. The van der Waals surface area contributed by atoms with E-state index >= 15 is 0 Å². The molecule has 4 aliphatic carbocycles. The Hall–Kier alpha value is -1.55. The molecule has 0 heterocycles. The number of nitrogens with zero attached hydrogens (tertiary/aromatic N) is 1. The van der Waals surface area contributed by atoms with Crippen molar-refractivity contribution in [2.75, 3.05) is 20.6 Å². The largest absolute Gasteiger partial charge is 0.336 e. The van der Waals surface area contributed by atoms with Crippen molar-refractivity contribution < 1.29 is 4.79 Å². The van der Waals surface area contributed by atoms with E-state index in [4.69, 9.17) is 0 Å². The van der Waals surface area contributed by atoms with Crippen LogP contribution in [0.15, 0.2) is 30.3 Å². The fraction of sp³-hybridized carbons (Fsp3) is 0.667. The molecule has 1 atom stereocenters. The van der Waals surface area contributed by atoms with E-state index in [1.165, 1.54) is 37.7 Å². The van der Waals surface area contributed by atoms with Crippen LogP contribution in [0.2, 0.25) is 0 Å². The Morgan fingerprint density at radius 2 is 1.64 bits per heavy atom. The van der Waals surface area contributed by atoms with Gasteiger partial charge in [-0.05, 0) is 75.4 Å². The first-order valence-electron chi connectivity index (χ1n) is 9.86. The number of hydrogen-bond donors (Lipinski definition) is 2. The van der Waals surface area contributed by atoms with Crippen LogP contribution < -0.4 is 10.6 Å². The number of urea groups is 1. The first-order valence-corrected chi connectivity index (χ1v) is 9.86. The second-order valence-corrected chi connectivity index (χ2v) is 8.70. The van der Waals surface area contributed by atoms with Gasteiger partial charge in [0.25, 0.3) is 0 Å². The van der Waals surface area contributed by atoms with Gasteiger partial charge in [-0.2, -0.15) is 0 Å². The van der Waals surface area contributed by atoms with Crippen LogP contribution in [0.5, 0.6) is 0 Å². The van der Waals surface area contributed by atoms with Gasteiger partial charge in [0.2, 0.25) is 0 Å². The molecule has 4 heteroatoms. The number of carbonyl (C=O) groups excluding carboxylic acids is 1. The second kappa shape index (κ2) is 6.99. The fourth-order valence-corrected chi connectivity index (χ4v) is 5.83. The summed E-state index contributed by atoms with van der Waals surface area (Å²) < 4.78 is 0. The van der Waals surface area contributed by atoms with Gasteiger partial charge < -0.3 is 15.5 Å².